The molecule has 1 aliphatic rings. The van der Waals surface area contributed by atoms with Crippen molar-refractivity contribution in [1.82, 2.24) is 4.90 Å². The van der Waals surface area contributed by atoms with Crippen molar-refractivity contribution < 1.29 is 24.2 Å². The van der Waals surface area contributed by atoms with Gasteiger partial charge in [-0.1, -0.05) is 0 Å². The molecule has 124 valence electrons. The quantitative estimate of drug-likeness (QED) is 0.698. The lowest BCUT2D eigenvalue weighted by molar-refractivity contribution is -0.137. The number of benzene rings is 1. The number of rotatable bonds is 8. The highest BCUT2D eigenvalue weighted by molar-refractivity contribution is 6.17. The predicted octanol–water partition coefficient (Wildman–Crippen LogP) is 1.14. The molecule has 0 fully saturated rings. The fraction of sp³-hybridized carbons (Fsp3) is 0.375. The third kappa shape index (κ3) is 3.81. The largest absolute Gasteiger partial charge is 0.494 e. The molecule has 1 aromatic carbocycles. The van der Waals surface area contributed by atoms with Crippen LogP contribution >= 0.6 is 0 Å². The van der Waals surface area contributed by atoms with Crippen LogP contribution in [0.5, 0.6) is 11.5 Å². The zero-order valence-electron chi connectivity index (χ0n) is 13.2. The van der Waals surface area contributed by atoms with E-state index in [0.29, 0.717) is 30.4 Å². The Morgan fingerprint density at radius 2 is 1.91 bits per heavy atom. The number of anilines is 1. The number of carbonyl (C=O) groups excluding carboxylic acids is 2. The van der Waals surface area contributed by atoms with Gasteiger partial charge in [-0.05, 0) is 26.0 Å². The fourth-order valence-corrected chi connectivity index (χ4v) is 2.20. The summed E-state index contributed by atoms with van der Waals surface area (Å²) in [6, 6.07) is 5.22. The van der Waals surface area contributed by atoms with E-state index >= 15 is 0 Å². The van der Waals surface area contributed by atoms with Crippen LogP contribution in [0.25, 0.3) is 0 Å². The van der Waals surface area contributed by atoms with Crippen LogP contribution in [0.4, 0.5) is 5.69 Å². The molecule has 2 amide bonds. The van der Waals surface area contributed by atoms with E-state index < -0.39 is 11.8 Å². The molecule has 1 aromatic rings. The van der Waals surface area contributed by atoms with Gasteiger partial charge in [0.25, 0.3) is 11.8 Å². The third-order valence-electron chi connectivity index (χ3n) is 3.16. The minimum absolute atomic E-state index is 0.0311. The number of carbonyl (C=O) groups is 2. The van der Waals surface area contributed by atoms with Gasteiger partial charge in [0.1, 0.15) is 17.2 Å². The van der Waals surface area contributed by atoms with Gasteiger partial charge < -0.3 is 19.9 Å². The normalized spacial score (nSPS) is 14.0. The van der Waals surface area contributed by atoms with E-state index in [0.717, 1.165) is 4.90 Å². The summed E-state index contributed by atoms with van der Waals surface area (Å²) < 4.78 is 11.0. The molecule has 2 rings (SSSR count). The molecule has 0 atom stereocenters. The van der Waals surface area contributed by atoms with Crippen molar-refractivity contribution in [3.05, 3.63) is 30.0 Å². The first-order chi connectivity index (χ1) is 11.1. The number of β-amino-alcohol motifs (C(OH)–C–C–N with tert-alkyl or cyclic N) is 1. The maximum atomic E-state index is 12.2. The second-order valence-electron chi connectivity index (χ2n) is 4.73. The summed E-state index contributed by atoms with van der Waals surface area (Å²) >= 11 is 0. The molecule has 0 saturated heterocycles. The lowest BCUT2D eigenvalue weighted by Gasteiger charge is -2.16. The van der Waals surface area contributed by atoms with Crippen molar-refractivity contribution in [1.29, 1.82) is 0 Å². The molecule has 0 unspecified atom stereocenters. The van der Waals surface area contributed by atoms with Crippen LogP contribution in [0.2, 0.25) is 0 Å². The number of aliphatic hydroxyl groups excluding tert-OH is 1. The van der Waals surface area contributed by atoms with Crippen molar-refractivity contribution in [2.45, 2.75) is 13.8 Å². The van der Waals surface area contributed by atoms with Crippen LogP contribution in [-0.4, -0.2) is 48.2 Å². The molecular weight excluding hydrogens is 300 g/mol. The molecule has 0 radical (unpaired) electrons. The van der Waals surface area contributed by atoms with Crippen LogP contribution < -0.4 is 14.8 Å². The molecule has 1 heterocycles. The number of imide groups is 1. The van der Waals surface area contributed by atoms with Crippen LogP contribution in [0, 0.1) is 0 Å². The molecule has 23 heavy (non-hydrogen) atoms. The Morgan fingerprint density at radius 3 is 2.57 bits per heavy atom. The van der Waals surface area contributed by atoms with Crippen LogP contribution in [0.15, 0.2) is 30.0 Å². The Morgan fingerprint density at radius 1 is 1.17 bits per heavy atom. The van der Waals surface area contributed by atoms with Gasteiger partial charge in [-0.2, -0.15) is 0 Å². The molecule has 0 aromatic heterocycles. The van der Waals surface area contributed by atoms with Gasteiger partial charge in [-0.15, -0.1) is 0 Å². The molecule has 7 heteroatoms. The van der Waals surface area contributed by atoms with Crippen molar-refractivity contribution in [2.24, 2.45) is 0 Å². The summed E-state index contributed by atoms with van der Waals surface area (Å²) in [5.41, 5.74) is 0.675. The Labute approximate surface area is 134 Å². The van der Waals surface area contributed by atoms with Crippen LogP contribution in [-0.2, 0) is 9.59 Å². The first-order valence-electron chi connectivity index (χ1n) is 7.45. The SMILES string of the molecule is CCOc1ccc(OCC)c(NC2=CC(=O)N(CCO)C2=O)c1. The van der Waals surface area contributed by atoms with Crippen molar-refractivity contribution >= 4 is 17.5 Å². The topological polar surface area (TPSA) is 88.1 Å². The highest BCUT2D eigenvalue weighted by atomic mass is 16.5. The minimum atomic E-state index is -0.478. The fourth-order valence-electron chi connectivity index (χ4n) is 2.20. The minimum Gasteiger partial charge on any atom is -0.494 e. The highest BCUT2D eigenvalue weighted by Crippen LogP contribution is 2.31. The molecule has 0 saturated carbocycles. The smallest absolute Gasteiger partial charge is 0.277 e. The van der Waals surface area contributed by atoms with E-state index in [2.05, 4.69) is 5.32 Å². The second-order valence-corrected chi connectivity index (χ2v) is 4.73. The number of hydrogen-bond acceptors (Lipinski definition) is 6. The molecule has 0 spiro atoms. The van der Waals surface area contributed by atoms with E-state index in [1.807, 2.05) is 13.8 Å². The number of nitrogens with zero attached hydrogens (tertiary/aromatic N) is 1. The highest BCUT2D eigenvalue weighted by Gasteiger charge is 2.31. The second kappa shape index (κ2) is 7.64. The van der Waals surface area contributed by atoms with Gasteiger partial charge in [0.05, 0.1) is 32.1 Å². The summed E-state index contributed by atoms with van der Waals surface area (Å²) in [5.74, 6) is 0.250. The van der Waals surface area contributed by atoms with E-state index in [1.54, 1.807) is 18.2 Å². The van der Waals surface area contributed by atoms with Crippen molar-refractivity contribution in [3.8, 4) is 11.5 Å². The maximum Gasteiger partial charge on any atom is 0.277 e. The standard InChI is InChI=1S/C16H20N2O5/c1-3-22-11-5-6-14(23-4-2)12(9-11)17-13-10-15(20)18(7-8-19)16(13)21/h5-6,9-10,17,19H,3-4,7-8H2,1-2H3. The van der Waals surface area contributed by atoms with E-state index in [-0.39, 0.29) is 18.8 Å². The Balaban J connectivity index is 2.24. The average Bonchev–Trinajstić information content (AvgIpc) is 2.78. The summed E-state index contributed by atoms with van der Waals surface area (Å²) in [4.78, 5) is 24.9. The van der Waals surface area contributed by atoms with E-state index in [9.17, 15) is 9.59 Å². The summed E-state index contributed by atoms with van der Waals surface area (Å²) in [6.45, 7) is 4.40. The number of amides is 2. The summed E-state index contributed by atoms with van der Waals surface area (Å²) in [5, 5.41) is 11.8. The maximum absolute atomic E-state index is 12.2. The van der Waals surface area contributed by atoms with Crippen LogP contribution in [0.3, 0.4) is 0 Å². The molecule has 0 bridgehead atoms. The lowest BCUT2D eigenvalue weighted by atomic mass is 10.2. The summed E-state index contributed by atoms with van der Waals surface area (Å²) in [7, 11) is 0. The zero-order chi connectivity index (χ0) is 16.8. The zero-order valence-corrected chi connectivity index (χ0v) is 13.2. The van der Waals surface area contributed by atoms with E-state index in [4.69, 9.17) is 14.6 Å². The van der Waals surface area contributed by atoms with Gasteiger partial charge in [0, 0.05) is 12.1 Å². The van der Waals surface area contributed by atoms with Gasteiger partial charge >= 0.3 is 0 Å². The molecule has 2 N–H and O–H groups in total. The monoisotopic (exact) mass is 320 g/mol. The van der Waals surface area contributed by atoms with Crippen molar-refractivity contribution in [3.63, 3.8) is 0 Å². The lowest BCUT2D eigenvalue weighted by Crippen LogP contribution is -2.34. The number of nitrogens with one attached hydrogen (secondary N) is 1. The molecule has 0 aliphatic carbocycles. The van der Waals surface area contributed by atoms with Crippen molar-refractivity contribution in [2.75, 3.05) is 31.7 Å². The number of ether oxygens (including phenoxy) is 2. The molecular formula is C16H20N2O5. The average molecular weight is 320 g/mol. The van der Waals surface area contributed by atoms with Gasteiger partial charge in [0.2, 0.25) is 0 Å². The third-order valence-corrected chi connectivity index (χ3v) is 3.16. The summed E-state index contributed by atoms with van der Waals surface area (Å²) in [6.07, 6.45) is 1.21. The Kier molecular flexibility index (Phi) is 5.59. The first-order valence-corrected chi connectivity index (χ1v) is 7.45. The first kappa shape index (κ1) is 16.8. The predicted molar refractivity (Wildman–Crippen MR) is 84.3 cm³/mol. The number of hydrogen-bond donors (Lipinski definition) is 2. The Bertz CT molecular complexity index is 627. The molecule has 7 nitrogen and oxygen atoms in total. The number of aliphatic hydroxyl groups is 1. The van der Waals surface area contributed by atoms with Gasteiger partial charge in [-0.25, -0.2) is 0 Å². The molecule has 1 aliphatic heterocycles. The van der Waals surface area contributed by atoms with Gasteiger partial charge in [0.15, 0.2) is 0 Å². The Hall–Kier alpha value is -2.54. The van der Waals surface area contributed by atoms with Crippen LogP contribution in [0.1, 0.15) is 13.8 Å². The van der Waals surface area contributed by atoms with Gasteiger partial charge in [-0.3, -0.25) is 14.5 Å². The van der Waals surface area contributed by atoms with E-state index in [1.165, 1.54) is 6.08 Å².